The molecular formula is C14H21Br2NO3S. The van der Waals surface area contributed by atoms with Gasteiger partial charge in [0.1, 0.15) is 5.75 Å². The number of rotatable bonds is 7. The molecule has 7 heteroatoms. The maximum absolute atomic E-state index is 11.6. The second-order valence-corrected chi connectivity index (χ2v) is 9.82. The molecule has 0 amide bonds. The first-order chi connectivity index (χ1) is 9.58. The van der Waals surface area contributed by atoms with Crippen LogP contribution < -0.4 is 10.1 Å². The molecule has 0 heterocycles. The summed E-state index contributed by atoms with van der Waals surface area (Å²) in [6.07, 6.45) is 1.26. The molecule has 0 aromatic heterocycles. The van der Waals surface area contributed by atoms with E-state index in [1.54, 1.807) is 13.8 Å². The van der Waals surface area contributed by atoms with Gasteiger partial charge in [-0.15, -0.1) is 0 Å². The number of hydrogen-bond donors (Lipinski definition) is 1. The van der Waals surface area contributed by atoms with Gasteiger partial charge in [-0.2, -0.15) is 0 Å². The number of nitrogens with one attached hydrogen (secondary N) is 1. The van der Waals surface area contributed by atoms with Gasteiger partial charge in [0.15, 0.2) is 9.84 Å². The lowest BCUT2D eigenvalue weighted by Gasteiger charge is -2.23. The van der Waals surface area contributed by atoms with E-state index in [1.807, 2.05) is 19.1 Å². The number of hydrogen-bond acceptors (Lipinski definition) is 4. The van der Waals surface area contributed by atoms with Crippen molar-refractivity contribution in [3.8, 4) is 5.75 Å². The molecule has 1 rings (SSSR count). The molecule has 0 aliphatic rings. The van der Waals surface area contributed by atoms with Gasteiger partial charge in [-0.05, 0) is 70.3 Å². The molecule has 4 nitrogen and oxygen atoms in total. The van der Waals surface area contributed by atoms with Crippen molar-refractivity contribution in [2.24, 2.45) is 0 Å². The van der Waals surface area contributed by atoms with Crippen molar-refractivity contribution >= 4 is 41.7 Å². The fraction of sp³-hybridized carbons (Fsp3) is 0.571. The Morgan fingerprint density at radius 3 is 2.19 bits per heavy atom. The maximum atomic E-state index is 11.6. The number of benzene rings is 1. The van der Waals surface area contributed by atoms with Crippen molar-refractivity contribution in [3.05, 3.63) is 26.6 Å². The molecule has 1 aromatic rings. The van der Waals surface area contributed by atoms with Gasteiger partial charge in [-0.1, -0.05) is 0 Å². The third-order valence-corrected chi connectivity index (χ3v) is 6.56. The van der Waals surface area contributed by atoms with Gasteiger partial charge in [-0.3, -0.25) is 0 Å². The summed E-state index contributed by atoms with van der Waals surface area (Å²) < 4.78 is 29.8. The predicted octanol–water partition coefficient (Wildman–Crippen LogP) is 3.52. The molecule has 0 spiro atoms. The fourth-order valence-corrected chi connectivity index (χ4v) is 3.51. The van der Waals surface area contributed by atoms with Crippen LogP contribution in [0.2, 0.25) is 0 Å². The second-order valence-electron chi connectivity index (χ2n) is 5.46. The average molecular weight is 443 g/mol. The van der Waals surface area contributed by atoms with E-state index in [0.717, 1.165) is 20.3 Å². The van der Waals surface area contributed by atoms with E-state index < -0.39 is 14.6 Å². The topological polar surface area (TPSA) is 55.4 Å². The summed E-state index contributed by atoms with van der Waals surface area (Å²) in [6, 6.07) is 3.94. The van der Waals surface area contributed by atoms with Crippen LogP contribution in [-0.2, 0) is 16.4 Å². The van der Waals surface area contributed by atoms with Gasteiger partial charge >= 0.3 is 0 Å². The first-order valence-electron chi connectivity index (χ1n) is 6.59. The Morgan fingerprint density at radius 1 is 1.24 bits per heavy atom. The molecule has 120 valence electrons. The highest BCUT2D eigenvalue weighted by atomic mass is 79.9. The highest BCUT2D eigenvalue weighted by Crippen LogP contribution is 2.34. The van der Waals surface area contributed by atoms with Crippen LogP contribution in [0.15, 0.2) is 21.1 Å². The van der Waals surface area contributed by atoms with Gasteiger partial charge in [0, 0.05) is 19.3 Å². The molecule has 1 N–H and O–H groups in total. The molecule has 0 radical (unpaired) electrons. The van der Waals surface area contributed by atoms with Crippen molar-refractivity contribution in [2.45, 2.75) is 32.1 Å². The zero-order chi connectivity index (χ0) is 16.3. The van der Waals surface area contributed by atoms with Gasteiger partial charge in [-0.25, -0.2) is 8.42 Å². The summed E-state index contributed by atoms with van der Waals surface area (Å²) in [5.41, 5.74) is 1.04. The largest absolute Gasteiger partial charge is 0.492 e. The molecule has 21 heavy (non-hydrogen) atoms. The van der Waals surface area contributed by atoms with E-state index in [4.69, 9.17) is 4.74 Å². The maximum Gasteiger partial charge on any atom is 0.153 e. The summed E-state index contributed by atoms with van der Waals surface area (Å²) in [7, 11) is -3.09. The minimum Gasteiger partial charge on any atom is -0.492 e. The average Bonchev–Trinajstić information content (AvgIpc) is 2.32. The van der Waals surface area contributed by atoms with Crippen LogP contribution >= 0.6 is 31.9 Å². The number of halogens is 2. The quantitative estimate of drug-likeness (QED) is 0.701. The van der Waals surface area contributed by atoms with E-state index in [9.17, 15) is 8.42 Å². The Labute approximate surface area is 143 Å². The molecule has 0 aliphatic carbocycles. The van der Waals surface area contributed by atoms with Gasteiger partial charge in [0.25, 0.3) is 0 Å². The van der Waals surface area contributed by atoms with Crippen LogP contribution in [0.4, 0.5) is 0 Å². The van der Waals surface area contributed by atoms with Crippen molar-refractivity contribution in [2.75, 3.05) is 19.4 Å². The summed E-state index contributed by atoms with van der Waals surface area (Å²) in [6.45, 7) is 6.95. The van der Waals surface area contributed by atoms with E-state index in [-0.39, 0.29) is 0 Å². The van der Waals surface area contributed by atoms with Crippen molar-refractivity contribution in [1.82, 2.24) is 5.32 Å². The Morgan fingerprint density at radius 2 is 1.76 bits per heavy atom. The first kappa shape index (κ1) is 18.9. The van der Waals surface area contributed by atoms with Gasteiger partial charge in [0.05, 0.1) is 20.3 Å². The summed E-state index contributed by atoms with van der Waals surface area (Å²) in [5, 5.41) is 3.19. The summed E-state index contributed by atoms with van der Waals surface area (Å²) >= 11 is 6.97. The Kier molecular flexibility index (Phi) is 6.71. The zero-order valence-corrected chi connectivity index (χ0v) is 16.7. The van der Waals surface area contributed by atoms with Crippen LogP contribution in [0.3, 0.4) is 0 Å². The normalized spacial score (nSPS) is 12.5. The van der Waals surface area contributed by atoms with Crippen molar-refractivity contribution in [1.29, 1.82) is 0 Å². The highest BCUT2D eigenvalue weighted by molar-refractivity contribution is 9.11. The van der Waals surface area contributed by atoms with E-state index in [0.29, 0.717) is 19.7 Å². The predicted molar refractivity (Wildman–Crippen MR) is 93.6 cm³/mol. The fourth-order valence-electron chi connectivity index (χ4n) is 1.64. The van der Waals surface area contributed by atoms with Crippen LogP contribution in [0.5, 0.6) is 5.75 Å². The summed E-state index contributed by atoms with van der Waals surface area (Å²) in [5.74, 6) is 0.776. The third kappa shape index (κ3) is 5.23. The van der Waals surface area contributed by atoms with Crippen molar-refractivity contribution in [3.63, 3.8) is 0 Å². The Hall–Kier alpha value is -0.110. The monoisotopic (exact) mass is 441 g/mol. The third-order valence-electron chi connectivity index (χ3n) is 3.23. The molecule has 0 atom stereocenters. The number of sulfone groups is 1. The molecule has 0 saturated carbocycles. The molecule has 0 unspecified atom stereocenters. The van der Waals surface area contributed by atoms with Crippen LogP contribution in [-0.4, -0.2) is 32.6 Å². The molecule has 0 bridgehead atoms. The SMILES string of the molecule is CCOc1c(Br)cc(CNCC(C)(C)S(C)(=O)=O)cc1Br. The lowest BCUT2D eigenvalue weighted by Crippen LogP contribution is -2.41. The first-order valence-corrected chi connectivity index (χ1v) is 10.1. The van der Waals surface area contributed by atoms with Gasteiger partial charge < -0.3 is 10.1 Å². The van der Waals surface area contributed by atoms with E-state index in [2.05, 4.69) is 37.2 Å². The Bertz CT molecular complexity index is 577. The van der Waals surface area contributed by atoms with Crippen molar-refractivity contribution < 1.29 is 13.2 Å². The molecule has 0 aliphatic heterocycles. The smallest absolute Gasteiger partial charge is 0.153 e. The van der Waals surface area contributed by atoms with Gasteiger partial charge in [0.2, 0.25) is 0 Å². The van der Waals surface area contributed by atoms with Crippen LogP contribution in [0.25, 0.3) is 0 Å². The molecule has 0 saturated heterocycles. The van der Waals surface area contributed by atoms with E-state index in [1.165, 1.54) is 6.26 Å². The summed E-state index contributed by atoms with van der Waals surface area (Å²) in [4.78, 5) is 0. The number of ether oxygens (including phenoxy) is 1. The Balaban J connectivity index is 2.74. The molecule has 0 fully saturated rings. The minimum absolute atomic E-state index is 0.397. The second kappa shape index (κ2) is 7.44. The highest BCUT2D eigenvalue weighted by Gasteiger charge is 2.29. The minimum atomic E-state index is -3.09. The lowest BCUT2D eigenvalue weighted by molar-refractivity contribution is 0.336. The van der Waals surface area contributed by atoms with Crippen LogP contribution in [0.1, 0.15) is 26.3 Å². The van der Waals surface area contributed by atoms with Crippen LogP contribution in [0, 0.1) is 0 Å². The lowest BCUT2D eigenvalue weighted by atomic mass is 10.2. The zero-order valence-electron chi connectivity index (χ0n) is 12.7. The molecular weight excluding hydrogens is 422 g/mol. The molecule has 1 aromatic carbocycles. The van der Waals surface area contributed by atoms with E-state index >= 15 is 0 Å². The standard InChI is InChI=1S/C14H21Br2NO3S/c1-5-20-13-11(15)6-10(7-12(13)16)8-17-9-14(2,3)21(4,18)19/h6-7,17H,5,8-9H2,1-4H3.